The zero-order chi connectivity index (χ0) is 47.9. The van der Waals surface area contributed by atoms with Crippen LogP contribution in [0.25, 0.3) is 143 Å². The van der Waals surface area contributed by atoms with Crippen molar-refractivity contribution in [1.29, 1.82) is 0 Å². The highest BCUT2D eigenvalue weighted by atomic mass is 14.4. The molecule has 0 spiro atoms. The summed E-state index contributed by atoms with van der Waals surface area (Å²) in [4.78, 5) is 0. The van der Waals surface area contributed by atoms with E-state index in [0.717, 1.165) is 12.8 Å². The lowest BCUT2D eigenvalue weighted by molar-refractivity contribution is 0.794. The molecule has 0 bridgehead atoms. The van der Waals surface area contributed by atoms with E-state index in [9.17, 15) is 0 Å². The number of hydrogen-bond acceptors (Lipinski definition) is 0. The fraction of sp³-hybridized carbons (Fsp3) is 0.111. The summed E-state index contributed by atoms with van der Waals surface area (Å²) in [7, 11) is 0. The first-order valence-electron chi connectivity index (χ1n) is 26.3. The molecule has 342 valence electrons. The molecule has 0 heterocycles. The molecule has 2 aliphatic carbocycles. The summed E-state index contributed by atoms with van der Waals surface area (Å²) in [5.41, 5.74) is 26.6. The quantitative estimate of drug-likeness (QED) is 0.121. The zero-order valence-corrected chi connectivity index (χ0v) is 41.0. The van der Waals surface area contributed by atoms with Crippen molar-refractivity contribution in [2.45, 2.75) is 52.4 Å². The van der Waals surface area contributed by atoms with E-state index >= 15 is 0 Å². The topological polar surface area (TPSA) is 0 Å². The maximum absolute atomic E-state index is 2.49. The van der Waals surface area contributed by atoms with Gasteiger partial charge in [0.2, 0.25) is 0 Å². The van der Waals surface area contributed by atoms with Crippen molar-refractivity contribution in [1.82, 2.24) is 0 Å². The van der Waals surface area contributed by atoms with Gasteiger partial charge in [-0.3, -0.25) is 0 Å². The maximum Gasteiger partial charge on any atom is -0.000718 e. The molecule has 72 heavy (non-hydrogen) atoms. The second-order valence-corrected chi connectivity index (χ2v) is 20.1. The minimum Gasteiger partial charge on any atom is -0.0654 e. The first-order chi connectivity index (χ1) is 35.7. The molecule has 0 saturated heterocycles. The fourth-order valence-corrected chi connectivity index (χ4v) is 13.2. The summed E-state index contributed by atoms with van der Waals surface area (Å²) in [6.45, 7) is 4.65. The van der Waals surface area contributed by atoms with Crippen LogP contribution in [0.1, 0.15) is 50.7 Å². The number of rotatable bonds is 11. The van der Waals surface area contributed by atoms with Crippen LogP contribution < -0.4 is 0 Å². The van der Waals surface area contributed by atoms with Crippen molar-refractivity contribution in [3.63, 3.8) is 0 Å². The molecular formula is C72H54. The average Bonchev–Trinajstić information content (AvgIpc) is 3.96. The minimum absolute atomic E-state index is 1.09. The molecule has 14 rings (SSSR count). The monoisotopic (exact) mass is 918 g/mol. The van der Waals surface area contributed by atoms with Crippen LogP contribution in [0.15, 0.2) is 218 Å². The van der Waals surface area contributed by atoms with Gasteiger partial charge in [-0.25, -0.2) is 0 Å². The normalized spacial score (nSPS) is 12.1. The molecule has 0 fully saturated rings. The Kier molecular flexibility index (Phi) is 10.2. The third-order valence-electron chi connectivity index (χ3n) is 16.2. The highest BCUT2D eigenvalue weighted by Crippen LogP contribution is 2.62. The highest BCUT2D eigenvalue weighted by molar-refractivity contribution is 6.33. The number of unbranched alkanes of at least 4 members (excludes halogenated alkanes) is 2. The van der Waals surface area contributed by atoms with Gasteiger partial charge in [-0.1, -0.05) is 245 Å². The van der Waals surface area contributed by atoms with Gasteiger partial charge in [0.1, 0.15) is 0 Å². The van der Waals surface area contributed by atoms with Crippen molar-refractivity contribution in [3.8, 4) is 100 Å². The predicted octanol–water partition coefficient (Wildman–Crippen LogP) is 20.6. The third kappa shape index (κ3) is 6.31. The van der Waals surface area contributed by atoms with Crippen LogP contribution in [0.4, 0.5) is 0 Å². The number of benzene rings is 12. The van der Waals surface area contributed by atoms with Gasteiger partial charge in [0, 0.05) is 0 Å². The van der Waals surface area contributed by atoms with E-state index in [-0.39, 0.29) is 0 Å². The Morgan fingerprint density at radius 1 is 0.222 bits per heavy atom. The number of hydrogen-bond donors (Lipinski definition) is 0. The van der Waals surface area contributed by atoms with Crippen LogP contribution in [0, 0.1) is 0 Å². The lowest BCUT2D eigenvalue weighted by Gasteiger charge is -2.25. The fourth-order valence-electron chi connectivity index (χ4n) is 13.2. The molecule has 0 nitrogen and oxygen atoms in total. The molecule has 0 aliphatic heterocycles. The van der Waals surface area contributed by atoms with Crippen LogP contribution >= 0.6 is 0 Å². The molecule has 12 aromatic rings. The van der Waals surface area contributed by atoms with E-state index in [1.165, 1.54) is 180 Å². The predicted molar refractivity (Wildman–Crippen MR) is 310 cm³/mol. The Labute approximate surface area is 422 Å². The molecule has 2 aliphatic rings. The molecule has 0 saturated carbocycles. The van der Waals surface area contributed by atoms with Gasteiger partial charge < -0.3 is 0 Å². The average molecular weight is 919 g/mol. The molecule has 0 amide bonds. The summed E-state index contributed by atoms with van der Waals surface area (Å²) in [6.07, 6.45) is 6.89. The summed E-state index contributed by atoms with van der Waals surface area (Å²) in [6, 6.07) is 82.7. The Morgan fingerprint density at radius 3 is 0.958 bits per heavy atom. The van der Waals surface area contributed by atoms with E-state index < -0.39 is 0 Å². The van der Waals surface area contributed by atoms with E-state index in [4.69, 9.17) is 0 Å². The van der Waals surface area contributed by atoms with Crippen LogP contribution in [0.3, 0.4) is 0 Å². The molecule has 0 atom stereocenters. The van der Waals surface area contributed by atoms with E-state index in [2.05, 4.69) is 232 Å². The van der Waals surface area contributed by atoms with Crippen LogP contribution in [-0.2, 0) is 12.8 Å². The SMILES string of the molecule is CCCCc1c2c(c(CCCC)c3ccccc13)-c1ccc(-c3ccc4c5c(cccc35)-c3c-4c(-c4ccccc4)c4c(-c5ccccc5)ccc(-c5ccccc5)c4c3-c3ccccc3)c3cccc-2c13. The van der Waals surface area contributed by atoms with Gasteiger partial charge in [-0.15, -0.1) is 0 Å². The van der Waals surface area contributed by atoms with Gasteiger partial charge in [0.25, 0.3) is 0 Å². The highest BCUT2D eigenvalue weighted by Gasteiger charge is 2.35. The van der Waals surface area contributed by atoms with Crippen LogP contribution in [-0.4, -0.2) is 0 Å². The van der Waals surface area contributed by atoms with Gasteiger partial charge in [0.15, 0.2) is 0 Å². The Bertz CT molecular complexity index is 3930. The molecule has 0 radical (unpaired) electrons. The maximum atomic E-state index is 2.49. The first-order valence-corrected chi connectivity index (χ1v) is 26.3. The van der Waals surface area contributed by atoms with Crippen molar-refractivity contribution in [2.75, 3.05) is 0 Å². The van der Waals surface area contributed by atoms with Gasteiger partial charge >= 0.3 is 0 Å². The summed E-state index contributed by atoms with van der Waals surface area (Å²) < 4.78 is 0. The minimum atomic E-state index is 1.09. The largest absolute Gasteiger partial charge is 0.0654 e. The van der Waals surface area contributed by atoms with E-state index in [1.54, 1.807) is 0 Å². The molecular weight excluding hydrogens is 865 g/mol. The molecule has 0 aromatic heterocycles. The summed E-state index contributed by atoms with van der Waals surface area (Å²) in [5, 5.41) is 10.8. The van der Waals surface area contributed by atoms with E-state index in [0.29, 0.717) is 0 Å². The van der Waals surface area contributed by atoms with Crippen LogP contribution in [0.5, 0.6) is 0 Å². The zero-order valence-electron chi connectivity index (χ0n) is 41.0. The Balaban J connectivity index is 1.09. The molecule has 0 N–H and O–H groups in total. The van der Waals surface area contributed by atoms with Crippen LogP contribution in [0.2, 0.25) is 0 Å². The van der Waals surface area contributed by atoms with Crippen molar-refractivity contribution >= 4 is 43.1 Å². The van der Waals surface area contributed by atoms with Crippen molar-refractivity contribution < 1.29 is 0 Å². The van der Waals surface area contributed by atoms with Crippen molar-refractivity contribution in [2.24, 2.45) is 0 Å². The number of fused-ring (bicyclic) bond motifs is 8. The van der Waals surface area contributed by atoms with Gasteiger partial charge in [0.05, 0.1) is 0 Å². The summed E-state index contributed by atoms with van der Waals surface area (Å²) >= 11 is 0. The second-order valence-electron chi connectivity index (χ2n) is 20.1. The van der Waals surface area contributed by atoms with Gasteiger partial charge in [-0.05, 0) is 180 Å². The van der Waals surface area contributed by atoms with E-state index in [1.807, 2.05) is 0 Å². The smallest absolute Gasteiger partial charge is 0.000718 e. The second kappa shape index (κ2) is 17.2. The first kappa shape index (κ1) is 42.5. The lowest BCUT2D eigenvalue weighted by Crippen LogP contribution is -1.99. The standard InChI is InChI=1S/C72H54/c1-3-5-31-57-51-33-19-20-34-52(51)58(32-6-4-2)68-61-43-41-53(55-35-21-37-59(65(55)61)67(57)68)54-42-44-62-66-56(54)36-22-38-60(66)71-63(47-27-15-9-16-28-47)69-49(45-23-11-7-12-24-45)39-40-50(46-25-13-8-14-26-46)70(69)64(72(62)71)48-29-17-10-18-30-48/h7-30,33-44H,3-6,31-32H2,1-2H3. The Hall–Kier alpha value is -8.32. The third-order valence-corrected chi connectivity index (χ3v) is 16.2. The van der Waals surface area contributed by atoms with Gasteiger partial charge in [-0.2, -0.15) is 0 Å². The molecule has 0 heteroatoms. The lowest BCUT2D eigenvalue weighted by atomic mass is 9.78. The molecule has 12 aromatic carbocycles. The molecule has 0 unspecified atom stereocenters. The number of aryl methyl sites for hydroxylation is 2. The van der Waals surface area contributed by atoms with Crippen molar-refractivity contribution in [3.05, 3.63) is 230 Å². The summed E-state index contributed by atoms with van der Waals surface area (Å²) in [5.74, 6) is 0. The Morgan fingerprint density at radius 2 is 0.542 bits per heavy atom.